The van der Waals surface area contributed by atoms with Gasteiger partial charge in [-0.25, -0.2) is 4.79 Å². The Morgan fingerprint density at radius 2 is 2.00 bits per heavy atom. The lowest BCUT2D eigenvalue weighted by Gasteiger charge is -2.35. The Morgan fingerprint density at radius 3 is 2.62 bits per heavy atom. The highest BCUT2D eigenvalue weighted by molar-refractivity contribution is 5.74. The third kappa shape index (κ3) is 5.15. The molecule has 1 atom stereocenters. The van der Waals surface area contributed by atoms with E-state index < -0.39 is 0 Å². The van der Waals surface area contributed by atoms with Gasteiger partial charge in [-0.1, -0.05) is 0 Å². The summed E-state index contributed by atoms with van der Waals surface area (Å²) < 4.78 is 0. The van der Waals surface area contributed by atoms with Crippen LogP contribution in [0, 0.1) is 5.92 Å². The van der Waals surface area contributed by atoms with Gasteiger partial charge in [0, 0.05) is 38.3 Å². The number of nitrogens with one attached hydrogen (secondary N) is 2. The molecule has 5 heteroatoms. The third-order valence-electron chi connectivity index (χ3n) is 4.86. The van der Waals surface area contributed by atoms with Gasteiger partial charge in [-0.3, -0.25) is 0 Å². The van der Waals surface area contributed by atoms with Gasteiger partial charge in [0.25, 0.3) is 0 Å². The Kier molecular flexibility index (Phi) is 6.30. The zero-order valence-corrected chi connectivity index (χ0v) is 13.9. The Bertz CT molecular complexity index is 326. The molecule has 2 amide bonds. The number of piperazine rings is 1. The van der Waals surface area contributed by atoms with E-state index in [0.29, 0.717) is 12.1 Å². The first-order valence-electron chi connectivity index (χ1n) is 8.56. The van der Waals surface area contributed by atoms with Gasteiger partial charge < -0.3 is 20.4 Å². The van der Waals surface area contributed by atoms with Crippen LogP contribution in [0.25, 0.3) is 0 Å². The van der Waals surface area contributed by atoms with Crippen LogP contribution in [0.3, 0.4) is 0 Å². The average molecular weight is 296 g/mol. The molecule has 0 bridgehead atoms. The van der Waals surface area contributed by atoms with E-state index in [2.05, 4.69) is 36.3 Å². The van der Waals surface area contributed by atoms with Crippen LogP contribution in [0.15, 0.2) is 0 Å². The largest absolute Gasteiger partial charge is 0.338 e. The molecule has 2 rings (SSSR count). The van der Waals surface area contributed by atoms with Gasteiger partial charge in [-0.05, 0) is 59.0 Å². The summed E-state index contributed by atoms with van der Waals surface area (Å²) in [6, 6.07) is 1.19. The van der Waals surface area contributed by atoms with Crippen LogP contribution in [0.5, 0.6) is 0 Å². The molecule has 5 nitrogen and oxygen atoms in total. The second kappa shape index (κ2) is 7.99. The molecule has 0 radical (unpaired) electrons. The van der Waals surface area contributed by atoms with Gasteiger partial charge >= 0.3 is 6.03 Å². The van der Waals surface area contributed by atoms with Crippen LogP contribution in [0.4, 0.5) is 4.79 Å². The number of nitrogens with zero attached hydrogens (tertiary/aromatic N) is 2. The van der Waals surface area contributed by atoms with E-state index in [4.69, 9.17) is 0 Å². The molecule has 0 aromatic heterocycles. The van der Waals surface area contributed by atoms with Crippen molar-refractivity contribution in [1.29, 1.82) is 0 Å². The Balaban J connectivity index is 1.60. The van der Waals surface area contributed by atoms with Crippen LogP contribution in [-0.2, 0) is 0 Å². The third-order valence-corrected chi connectivity index (χ3v) is 4.86. The SMILES string of the molecule is CC(C)N1CCC(CCNC(=O)N2CCN[C@H](C)C2)CC1. The Hall–Kier alpha value is -0.810. The summed E-state index contributed by atoms with van der Waals surface area (Å²) in [7, 11) is 0. The molecule has 2 aliphatic rings. The fourth-order valence-electron chi connectivity index (χ4n) is 3.37. The molecule has 122 valence electrons. The summed E-state index contributed by atoms with van der Waals surface area (Å²) in [4.78, 5) is 16.6. The molecule has 2 saturated heterocycles. The number of carbonyl (C=O) groups excluding carboxylic acids is 1. The first kappa shape index (κ1) is 16.6. The molecule has 0 unspecified atom stereocenters. The zero-order chi connectivity index (χ0) is 15.2. The van der Waals surface area contributed by atoms with Crippen LogP contribution >= 0.6 is 0 Å². The van der Waals surface area contributed by atoms with E-state index in [1.165, 1.54) is 25.9 Å². The molecule has 0 saturated carbocycles. The van der Waals surface area contributed by atoms with Gasteiger partial charge in [0.05, 0.1) is 0 Å². The quantitative estimate of drug-likeness (QED) is 0.826. The number of urea groups is 1. The number of likely N-dealkylation sites (tertiary alicyclic amines) is 1. The average Bonchev–Trinajstić information content (AvgIpc) is 2.47. The molecule has 2 heterocycles. The Labute approximate surface area is 129 Å². The molecular formula is C16H32N4O. The number of rotatable bonds is 4. The van der Waals surface area contributed by atoms with Crippen molar-refractivity contribution < 1.29 is 4.79 Å². The highest BCUT2D eigenvalue weighted by Gasteiger charge is 2.22. The fourth-order valence-corrected chi connectivity index (χ4v) is 3.37. The molecule has 0 aromatic carbocycles. The van der Waals surface area contributed by atoms with Crippen LogP contribution < -0.4 is 10.6 Å². The maximum Gasteiger partial charge on any atom is 0.317 e. The van der Waals surface area contributed by atoms with E-state index in [1.54, 1.807) is 0 Å². The standard InChI is InChI=1S/C16H32N4O/c1-13(2)19-9-5-15(6-10-19)4-7-18-16(21)20-11-8-17-14(3)12-20/h13-15,17H,4-12H2,1-3H3,(H,18,21)/t14-/m1/s1. The summed E-state index contributed by atoms with van der Waals surface area (Å²) in [6.07, 6.45) is 3.68. The smallest absolute Gasteiger partial charge is 0.317 e. The monoisotopic (exact) mass is 296 g/mol. The summed E-state index contributed by atoms with van der Waals surface area (Å²) in [5.74, 6) is 0.780. The predicted octanol–water partition coefficient (Wildman–Crippen LogP) is 1.50. The normalized spacial score (nSPS) is 25.3. The number of hydrogen-bond donors (Lipinski definition) is 2. The van der Waals surface area contributed by atoms with Gasteiger partial charge in [0.1, 0.15) is 0 Å². The van der Waals surface area contributed by atoms with Crippen molar-refractivity contribution in [1.82, 2.24) is 20.4 Å². The molecule has 0 aromatic rings. The van der Waals surface area contributed by atoms with Crippen molar-refractivity contribution in [2.45, 2.75) is 52.1 Å². The highest BCUT2D eigenvalue weighted by atomic mass is 16.2. The second-order valence-electron chi connectivity index (χ2n) is 6.89. The van der Waals surface area contributed by atoms with Gasteiger partial charge in [0.15, 0.2) is 0 Å². The molecule has 0 aliphatic carbocycles. The maximum atomic E-state index is 12.1. The van der Waals surface area contributed by atoms with Crippen molar-refractivity contribution in [3.63, 3.8) is 0 Å². The van der Waals surface area contributed by atoms with E-state index in [0.717, 1.165) is 38.5 Å². The summed E-state index contributed by atoms with van der Waals surface area (Å²) in [6.45, 7) is 12.5. The van der Waals surface area contributed by atoms with Crippen molar-refractivity contribution in [3.8, 4) is 0 Å². The number of piperidine rings is 1. The highest BCUT2D eigenvalue weighted by Crippen LogP contribution is 2.21. The molecule has 2 fully saturated rings. The summed E-state index contributed by atoms with van der Waals surface area (Å²) >= 11 is 0. The molecular weight excluding hydrogens is 264 g/mol. The number of hydrogen-bond acceptors (Lipinski definition) is 3. The minimum Gasteiger partial charge on any atom is -0.338 e. The van der Waals surface area contributed by atoms with Crippen molar-refractivity contribution in [2.75, 3.05) is 39.3 Å². The maximum absolute atomic E-state index is 12.1. The van der Waals surface area contributed by atoms with E-state index in [1.807, 2.05) is 4.90 Å². The zero-order valence-electron chi connectivity index (χ0n) is 13.9. The topological polar surface area (TPSA) is 47.6 Å². The number of amides is 2. The molecule has 0 spiro atoms. The van der Waals surface area contributed by atoms with E-state index in [-0.39, 0.29) is 6.03 Å². The fraction of sp³-hybridized carbons (Fsp3) is 0.938. The minimum absolute atomic E-state index is 0.114. The lowest BCUT2D eigenvalue weighted by Crippen LogP contribution is -2.54. The second-order valence-corrected chi connectivity index (χ2v) is 6.89. The first-order chi connectivity index (χ1) is 10.1. The van der Waals surface area contributed by atoms with Crippen molar-refractivity contribution in [2.24, 2.45) is 5.92 Å². The van der Waals surface area contributed by atoms with Gasteiger partial charge in [0.2, 0.25) is 0 Å². The van der Waals surface area contributed by atoms with Crippen molar-refractivity contribution >= 4 is 6.03 Å². The molecule has 2 N–H and O–H groups in total. The first-order valence-corrected chi connectivity index (χ1v) is 8.56. The van der Waals surface area contributed by atoms with Gasteiger partial charge in [-0.15, -0.1) is 0 Å². The minimum atomic E-state index is 0.114. The predicted molar refractivity (Wildman–Crippen MR) is 86.5 cm³/mol. The van der Waals surface area contributed by atoms with Crippen LogP contribution in [0.2, 0.25) is 0 Å². The number of carbonyl (C=O) groups is 1. The van der Waals surface area contributed by atoms with E-state index >= 15 is 0 Å². The van der Waals surface area contributed by atoms with Crippen LogP contribution in [0.1, 0.15) is 40.0 Å². The lowest BCUT2D eigenvalue weighted by atomic mass is 9.93. The molecule has 21 heavy (non-hydrogen) atoms. The molecule has 2 aliphatic heterocycles. The Morgan fingerprint density at radius 1 is 1.29 bits per heavy atom. The van der Waals surface area contributed by atoms with Crippen LogP contribution in [-0.4, -0.2) is 67.2 Å². The lowest BCUT2D eigenvalue weighted by molar-refractivity contribution is 0.144. The van der Waals surface area contributed by atoms with Crippen molar-refractivity contribution in [3.05, 3.63) is 0 Å². The van der Waals surface area contributed by atoms with Gasteiger partial charge in [-0.2, -0.15) is 0 Å². The van der Waals surface area contributed by atoms with E-state index in [9.17, 15) is 4.79 Å². The summed E-state index contributed by atoms with van der Waals surface area (Å²) in [5, 5.41) is 6.46. The summed E-state index contributed by atoms with van der Waals surface area (Å²) in [5.41, 5.74) is 0.